The predicted octanol–water partition coefficient (Wildman–Crippen LogP) is 2.58. The number of carbonyl (C=O) groups is 3. The zero-order chi connectivity index (χ0) is 17.9. The highest BCUT2D eigenvalue weighted by Crippen LogP contribution is 2.26. The molecule has 0 bridgehead atoms. The van der Waals surface area contributed by atoms with Gasteiger partial charge in [-0.2, -0.15) is 0 Å². The Kier molecular flexibility index (Phi) is 6.07. The van der Waals surface area contributed by atoms with E-state index in [9.17, 15) is 14.4 Å². The van der Waals surface area contributed by atoms with Crippen molar-refractivity contribution in [2.75, 3.05) is 6.54 Å². The summed E-state index contributed by atoms with van der Waals surface area (Å²) in [5.74, 6) is -1.70. The number of halogens is 2. The van der Waals surface area contributed by atoms with Gasteiger partial charge in [-0.05, 0) is 38.0 Å². The minimum atomic E-state index is -0.993. The SMILES string of the molecule is CC(CC(=O)O)NC(=O)C1CCCN1C(=O)c1cc(Cl)ccc1Cl. The Balaban J connectivity index is 2.12. The standard InChI is InChI=1S/C16H18Cl2N2O4/c1-9(7-14(21)22)19-15(23)13-3-2-6-20(13)16(24)11-8-10(17)4-5-12(11)18/h4-5,8-9,13H,2-3,6-7H2,1H3,(H,19,23)(H,21,22). The van der Waals surface area contributed by atoms with Gasteiger partial charge in [-0.15, -0.1) is 0 Å². The minimum Gasteiger partial charge on any atom is -0.481 e. The molecule has 0 spiro atoms. The van der Waals surface area contributed by atoms with Crippen molar-refractivity contribution in [3.05, 3.63) is 33.8 Å². The van der Waals surface area contributed by atoms with E-state index in [1.807, 2.05) is 0 Å². The molecule has 2 unspecified atom stereocenters. The molecule has 2 amide bonds. The lowest BCUT2D eigenvalue weighted by Crippen LogP contribution is -2.48. The van der Waals surface area contributed by atoms with Crippen LogP contribution in [0.4, 0.5) is 0 Å². The van der Waals surface area contributed by atoms with Crippen molar-refractivity contribution >= 4 is 41.0 Å². The topological polar surface area (TPSA) is 86.7 Å². The molecule has 1 heterocycles. The van der Waals surface area contributed by atoms with Crippen molar-refractivity contribution in [1.29, 1.82) is 0 Å². The maximum absolute atomic E-state index is 12.7. The molecule has 6 nitrogen and oxygen atoms in total. The lowest BCUT2D eigenvalue weighted by atomic mass is 10.1. The fourth-order valence-electron chi connectivity index (χ4n) is 2.75. The van der Waals surface area contributed by atoms with Crippen molar-refractivity contribution in [2.45, 2.75) is 38.3 Å². The fraction of sp³-hybridized carbons (Fsp3) is 0.438. The van der Waals surface area contributed by atoms with Gasteiger partial charge in [0, 0.05) is 17.6 Å². The molecule has 0 aliphatic carbocycles. The molecule has 1 aromatic carbocycles. The fourth-order valence-corrected chi connectivity index (χ4v) is 3.12. The Bertz CT molecular complexity index is 665. The molecular formula is C16H18Cl2N2O4. The normalized spacial score (nSPS) is 18.3. The summed E-state index contributed by atoms with van der Waals surface area (Å²) < 4.78 is 0. The first-order valence-corrected chi connectivity index (χ1v) is 8.33. The molecule has 0 aromatic heterocycles. The number of nitrogens with zero attached hydrogens (tertiary/aromatic N) is 1. The van der Waals surface area contributed by atoms with Gasteiger partial charge in [0.2, 0.25) is 5.91 Å². The number of hydrogen-bond donors (Lipinski definition) is 2. The van der Waals surface area contributed by atoms with E-state index < -0.39 is 18.1 Å². The average Bonchev–Trinajstić information content (AvgIpc) is 2.97. The van der Waals surface area contributed by atoms with E-state index in [1.54, 1.807) is 13.0 Å². The van der Waals surface area contributed by atoms with Gasteiger partial charge in [-0.3, -0.25) is 14.4 Å². The van der Waals surface area contributed by atoms with Gasteiger partial charge in [-0.25, -0.2) is 0 Å². The van der Waals surface area contributed by atoms with Crippen LogP contribution in [0, 0.1) is 0 Å². The third-order valence-electron chi connectivity index (χ3n) is 3.84. The Morgan fingerprint density at radius 1 is 1.38 bits per heavy atom. The summed E-state index contributed by atoms with van der Waals surface area (Å²) in [6.07, 6.45) is 1.04. The highest BCUT2D eigenvalue weighted by molar-refractivity contribution is 6.35. The minimum absolute atomic E-state index is 0.174. The summed E-state index contributed by atoms with van der Waals surface area (Å²) in [5, 5.41) is 12.1. The summed E-state index contributed by atoms with van der Waals surface area (Å²) >= 11 is 12.0. The molecule has 0 radical (unpaired) electrons. The van der Waals surface area contributed by atoms with Crippen molar-refractivity contribution in [3.8, 4) is 0 Å². The second kappa shape index (κ2) is 7.85. The van der Waals surface area contributed by atoms with Crippen LogP contribution in [0.2, 0.25) is 10.0 Å². The highest BCUT2D eigenvalue weighted by Gasteiger charge is 2.35. The van der Waals surface area contributed by atoms with Crippen LogP contribution in [-0.2, 0) is 9.59 Å². The number of aliphatic carboxylic acids is 1. The third-order valence-corrected chi connectivity index (χ3v) is 4.41. The van der Waals surface area contributed by atoms with E-state index in [1.165, 1.54) is 17.0 Å². The number of hydrogen-bond acceptors (Lipinski definition) is 3. The lowest BCUT2D eigenvalue weighted by molar-refractivity contribution is -0.137. The van der Waals surface area contributed by atoms with Crippen LogP contribution >= 0.6 is 23.2 Å². The molecule has 1 aliphatic rings. The summed E-state index contributed by atoms with van der Waals surface area (Å²) in [5.41, 5.74) is 0.252. The van der Waals surface area contributed by atoms with E-state index in [0.717, 1.165) is 0 Å². The quantitative estimate of drug-likeness (QED) is 0.831. The Labute approximate surface area is 149 Å². The summed E-state index contributed by atoms with van der Waals surface area (Å²) in [6, 6.07) is 3.46. The van der Waals surface area contributed by atoms with Gasteiger partial charge in [0.25, 0.3) is 5.91 Å². The molecule has 2 atom stereocenters. The van der Waals surface area contributed by atoms with Gasteiger partial charge < -0.3 is 15.3 Å². The molecule has 2 N–H and O–H groups in total. The van der Waals surface area contributed by atoms with Crippen LogP contribution in [0.25, 0.3) is 0 Å². The summed E-state index contributed by atoms with van der Waals surface area (Å²) in [6.45, 7) is 2.05. The number of carboxylic acid groups (broad SMARTS) is 1. The smallest absolute Gasteiger partial charge is 0.305 e. The Morgan fingerprint density at radius 2 is 2.08 bits per heavy atom. The van der Waals surface area contributed by atoms with Crippen molar-refractivity contribution in [2.24, 2.45) is 0 Å². The van der Waals surface area contributed by atoms with Gasteiger partial charge in [-0.1, -0.05) is 23.2 Å². The number of likely N-dealkylation sites (tertiary alicyclic amines) is 1. The van der Waals surface area contributed by atoms with Crippen molar-refractivity contribution in [3.63, 3.8) is 0 Å². The first-order chi connectivity index (χ1) is 11.3. The van der Waals surface area contributed by atoms with Gasteiger partial charge >= 0.3 is 5.97 Å². The van der Waals surface area contributed by atoms with E-state index in [-0.39, 0.29) is 28.8 Å². The summed E-state index contributed by atoms with van der Waals surface area (Å²) in [7, 11) is 0. The van der Waals surface area contributed by atoms with Crippen molar-refractivity contribution in [1.82, 2.24) is 10.2 Å². The van der Waals surface area contributed by atoms with Gasteiger partial charge in [0.05, 0.1) is 17.0 Å². The zero-order valence-corrected chi connectivity index (χ0v) is 14.6. The van der Waals surface area contributed by atoms with Crippen molar-refractivity contribution < 1.29 is 19.5 Å². The molecule has 2 rings (SSSR count). The van der Waals surface area contributed by atoms with E-state index in [4.69, 9.17) is 28.3 Å². The van der Waals surface area contributed by atoms with Gasteiger partial charge in [0.1, 0.15) is 6.04 Å². The maximum Gasteiger partial charge on any atom is 0.305 e. The van der Waals surface area contributed by atoms with Gasteiger partial charge in [0.15, 0.2) is 0 Å². The maximum atomic E-state index is 12.7. The highest BCUT2D eigenvalue weighted by atomic mass is 35.5. The molecule has 130 valence electrons. The van der Waals surface area contributed by atoms with Crippen LogP contribution < -0.4 is 5.32 Å². The molecule has 1 aliphatic heterocycles. The molecule has 8 heteroatoms. The second-order valence-corrected chi connectivity index (χ2v) is 6.63. The number of amides is 2. The van der Waals surface area contributed by atoms with Crippen LogP contribution in [0.1, 0.15) is 36.5 Å². The van der Waals surface area contributed by atoms with E-state index in [2.05, 4.69) is 5.32 Å². The first-order valence-electron chi connectivity index (χ1n) is 7.57. The molecule has 0 saturated carbocycles. The number of carbonyl (C=O) groups excluding carboxylic acids is 2. The summed E-state index contributed by atoms with van der Waals surface area (Å²) in [4.78, 5) is 37.2. The largest absolute Gasteiger partial charge is 0.481 e. The number of rotatable bonds is 5. The number of benzene rings is 1. The van der Waals surface area contributed by atoms with E-state index in [0.29, 0.717) is 24.4 Å². The molecular weight excluding hydrogens is 355 g/mol. The third kappa shape index (κ3) is 4.39. The van der Waals surface area contributed by atoms with Crippen LogP contribution in [-0.4, -0.2) is 46.4 Å². The Morgan fingerprint density at radius 3 is 2.75 bits per heavy atom. The first kappa shape index (κ1) is 18.5. The lowest BCUT2D eigenvalue weighted by Gasteiger charge is -2.25. The zero-order valence-electron chi connectivity index (χ0n) is 13.1. The van der Waals surface area contributed by atoms with Crippen LogP contribution in [0.3, 0.4) is 0 Å². The Hall–Kier alpha value is -1.79. The average molecular weight is 373 g/mol. The second-order valence-electron chi connectivity index (χ2n) is 5.79. The van der Waals surface area contributed by atoms with Crippen LogP contribution in [0.15, 0.2) is 18.2 Å². The molecule has 1 fully saturated rings. The van der Waals surface area contributed by atoms with Crippen LogP contribution in [0.5, 0.6) is 0 Å². The number of carboxylic acids is 1. The monoisotopic (exact) mass is 372 g/mol. The number of nitrogens with one attached hydrogen (secondary N) is 1. The van der Waals surface area contributed by atoms with E-state index >= 15 is 0 Å². The molecule has 1 saturated heterocycles. The predicted molar refractivity (Wildman–Crippen MR) is 90.4 cm³/mol. The molecule has 1 aromatic rings. The molecule has 24 heavy (non-hydrogen) atoms.